The third-order valence-electron chi connectivity index (χ3n) is 14.5. The van der Waals surface area contributed by atoms with E-state index in [-0.39, 0.29) is 103 Å². The normalized spacial score (nSPS) is 24.0. The minimum absolute atomic E-state index is 0.0377. The standard InChI is InChI=1S/C57H96N16O15/c1-7-11-32(4)88-45(77)15-14-44(76)73-27-26-62-30-43(73)55(85)72-47(34(6)75)57(87)68-38(18-23-60)49(79)67-40-20-25-63-56(86)46(33(5)74)71-52(82)39(19-24-61)65-48(78)36(16-21-58)66-53(83)41(28-31(2)3)69-54(84)42(29-35-12-9-8-10-13-35)70-50(80)37(17-22-59)64-51(40)81/h8-10,12-13,31-34,36-43,46-47,62,74-75H,7,11,14-30,58-61H2,1-6H3,(H,63,86)(H,64,81)(H,65,78)(H,66,83)(H,67,79)(H,68,87)(H,69,84)(H,70,80)(H,71,82)(H,72,85)/t32?,33?,34?,36-,37-,38-,39-,40-,41-,42+,43?,46-,47-/m0/s1. The van der Waals surface area contributed by atoms with Crippen molar-refractivity contribution in [3.05, 3.63) is 35.9 Å². The molecular weight excluding hydrogens is 1150 g/mol. The summed E-state index contributed by atoms with van der Waals surface area (Å²) in [5, 5.41) is 50.1. The highest BCUT2D eigenvalue weighted by Crippen LogP contribution is 2.14. The van der Waals surface area contributed by atoms with Crippen molar-refractivity contribution in [2.45, 2.75) is 191 Å². The van der Waals surface area contributed by atoms with Crippen molar-refractivity contribution in [1.82, 2.24) is 63.4 Å². The Hall–Kier alpha value is -7.42. The fraction of sp³-hybridized carbons (Fsp3) is 0.684. The number of benzene rings is 1. The molecule has 13 atom stereocenters. The summed E-state index contributed by atoms with van der Waals surface area (Å²) < 4.78 is 5.36. The van der Waals surface area contributed by atoms with E-state index in [9.17, 15) is 67.7 Å². The summed E-state index contributed by atoms with van der Waals surface area (Å²) in [6.07, 6.45) is -4.06. The first-order valence-corrected chi connectivity index (χ1v) is 30.2. The number of esters is 1. The second kappa shape index (κ2) is 38.8. The summed E-state index contributed by atoms with van der Waals surface area (Å²) in [4.78, 5) is 169. The van der Waals surface area contributed by atoms with Crippen LogP contribution in [0.4, 0.5) is 0 Å². The van der Waals surface area contributed by atoms with Crippen molar-refractivity contribution >= 4 is 70.9 Å². The van der Waals surface area contributed by atoms with Gasteiger partial charge in [-0.25, -0.2) is 0 Å². The first kappa shape index (κ1) is 74.8. The van der Waals surface area contributed by atoms with Crippen LogP contribution in [0.5, 0.6) is 0 Å². The molecule has 2 aliphatic rings. The lowest BCUT2D eigenvalue weighted by molar-refractivity contribution is -0.151. The zero-order chi connectivity index (χ0) is 65.6. The molecule has 2 fully saturated rings. The van der Waals surface area contributed by atoms with Crippen LogP contribution in [0.3, 0.4) is 0 Å². The summed E-state index contributed by atoms with van der Waals surface area (Å²) in [6, 6.07) is -6.42. The number of nitrogens with zero attached hydrogens (tertiary/aromatic N) is 1. The van der Waals surface area contributed by atoms with E-state index in [1.807, 2.05) is 6.92 Å². The first-order valence-electron chi connectivity index (χ1n) is 30.2. The van der Waals surface area contributed by atoms with Crippen LogP contribution in [0, 0.1) is 5.92 Å². The number of nitrogens with two attached hydrogens (primary N) is 4. The van der Waals surface area contributed by atoms with Gasteiger partial charge in [0.25, 0.3) is 0 Å². The predicted molar refractivity (Wildman–Crippen MR) is 321 cm³/mol. The second-order valence-electron chi connectivity index (χ2n) is 22.5. The minimum Gasteiger partial charge on any atom is -0.463 e. The SMILES string of the molecule is CCCC(C)OC(=O)CCC(=O)N1CCNCC1C(=O)N[C@H](C(=O)N[C@@H](CCN)C(=O)N[C@H]1CCNC(=O)[C@H](C(C)O)NC(=O)[C@H](CCN)NC(=O)[C@H](CCN)NC(=O)[C@H](CC(C)C)NC(=O)[C@@H](Cc2ccccc2)NC(=O)[C@H](CCN)NC1=O)C(C)O. The van der Waals surface area contributed by atoms with Crippen molar-refractivity contribution in [2.75, 3.05) is 52.4 Å². The van der Waals surface area contributed by atoms with Crippen molar-refractivity contribution < 1.29 is 72.5 Å². The Morgan fingerprint density at radius 2 is 1.19 bits per heavy atom. The summed E-state index contributed by atoms with van der Waals surface area (Å²) in [5.74, 6) is -10.8. The third kappa shape index (κ3) is 25.0. The van der Waals surface area contributed by atoms with Crippen molar-refractivity contribution in [3.63, 3.8) is 0 Å². The molecule has 2 saturated heterocycles. The van der Waals surface area contributed by atoms with Gasteiger partial charge in [-0.3, -0.25) is 57.5 Å². The molecule has 0 spiro atoms. The molecule has 3 rings (SSSR count). The maximum absolute atomic E-state index is 14.6. The number of hydrogen-bond donors (Lipinski definition) is 17. The number of amides is 11. The number of nitrogens with one attached hydrogen (secondary N) is 11. The molecule has 0 saturated carbocycles. The van der Waals surface area contributed by atoms with Crippen LogP contribution < -0.4 is 81.4 Å². The lowest BCUT2D eigenvalue weighted by atomic mass is 10.00. The van der Waals surface area contributed by atoms with Gasteiger partial charge in [-0.1, -0.05) is 57.5 Å². The van der Waals surface area contributed by atoms with Gasteiger partial charge in [-0.05, 0) is 103 Å². The zero-order valence-corrected chi connectivity index (χ0v) is 51.4. The molecule has 11 amide bonds. The number of rotatable bonds is 26. The van der Waals surface area contributed by atoms with Gasteiger partial charge in [-0.15, -0.1) is 0 Å². The van der Waals surface area contributed by atoms with E-state index < -0.39 is 157 Å². The second-order valence-corrected chi connectivity index (χ2v) is 22.5. The molecule has 0 bridgehead atoms. The quantitative estimate of drug-likeness (QED) is 0.0384. The van der Waals surface area contributed by atoms with Crippen LogP contribution in [0.1, 0.15) is 111 Å². The largest absolute Gasteiger partial charge is 0.463 e. The van der Waals surface area contributed by atoms with E-state index in [1.54, 1.807) is 51.1 Å². The van der Waals surface area contributed by atoms with Gasteiger partial charge in [0.15, 0.2) is 0 Å². The Balaban J connectivity index is 2.05. The average molecular weight is 1250 g/mol. The topological polar surface area (TPSA) is 494 Å². The van der Waals surface area contributed by atoms with Crippen LogP contribution >= 0.6 is 0 Å². The van der Waals surface area contributed by atoms with Gasteiger partial charge in [0.1, 0.15) is 60.4 Å². The van der Waals surface area contributed by atoms with E-state index in [0.29, 0.717) is 18.5 Å². The fourth-order valence-corrected chi connectivity index (χ4v) is 9.77. The number of aliphatic hydroxyl groups is 2. The molecule has 88 heavy (non-hydrogen) atoms. The van der Waals surface area contributed by atoms with Crippen molar-refractivity contribution in [2.24, 2.45) is 28.9 Å². The van der Waals surface area contributed by atoms with E-state index in [4.69, 9.17) is 27.7 Å². The molecule has 31 heteroatoms. The van der Waals surface area contributed by atoms with Crippen molar-refractivity contribution in [3.8, 4) is 0 Å². The number of carbonyl (C=O) groups is 12. The molecule has 0 aliphatic carbocycles. The average Bonchev–Trinajstić information content (AvgIpc) is 3.69. The number of carbonyl (C=O) groups excluding carboxylic acids is 12. The Morgan fingerprint density at radius 3 is 1.74 bits per heavy atom. The maximum Gasteiger partial charge on any atom is 0.306 e. The third-order valence-corrected chi connectivity index (χ3v) is 14.5. The van der Waals surface area contributed by atoms with E-state index in [0.717, 1.165) is 6.42 Å². The lowest BCUT2D eigenvalue weighted by Gasteiger charge is -2.36. The van der Waals surface area contributed by atoms with E-state index in [2.05, 4.69) is 58.5 Å². The summed E-state index contributed by atoms with van der Waals surface area (Å²) in [6.45, 7) is 8.73. The maximum atomic E-state index is 14.6. The predicted octanol–water partition coefficient (Wildman–Crippen LogP) is -6.37. The summed E-state index contributed by atoms with van der Waals surface area (Å²) in [7, 11) is 0. The minimum atomic E-state index is -1.74. The van der Waals surface area contributed by atoms with Crippen LogP contribution in [0.15, 0.2) is 30.3 Å². The van der Waals surface area contributed by atoms with Gasteiger partial charge in [0.2, 0.25) is 65.0 Å². The Bertz CT molecular complexity index is 2490. The number of aliphatic hydroxyl groups excluding tert-OH is 2. The highest BCUT2D eigenvalue weighted by Gasteiger charge is 2.39. The van der Waals surface area contributed by atoms with Crippen LogP contribution in [-0.4, -0.2) is 217 Å². The molecule has 494 valence electrons. The molecule has 0 aromatic heterocycles. The molecule has 1 aromatic rings. The Labute approximate surface area is 513 Å². The highest BCUT2D eigenvalue weighted by molar-refractivity contribution is 5.99. The molecule has 31 nitrogen and oxygen atoms in total. The summed E-state index contributed by atoms with van der Waals surface area (Å²) in [5.41, 5.74) is 24.2. The van der Waals surface area contributed by atoms with Gasteiger partial charge >= 0.3 is 5.97 Å². The number of hydrogen-bond acceptors (Lipinski definition) is 20. The Morgan fingerprint density at radius 1 is 0.648 bits per heavy atom. The van der Waals surface area contributed by atoms with Gasteiger partial charge in [0, 0.05) is 39.0 Å². The molecule has 4 unspecified atom stereocenters. The summed E-state index contributed by atoms with van der Waals surface area (Å²) >= 11 is 0. The monoisotopic (exact) mass is 1240 g/mol. The van der Waals surface area contributed by atoms with E-state index in [1.165, 1.54) is 18.7 Å². The van der Waals surface area contributed by atoms with Crippen LogP contribution in [0.25, 0.3) is 0 Å². The lowest BCUT2D eigenvalue weighted by Crippen LogP contribution is -2.64. The molecule has 2 heterocycles. The smallest absolute Gasteiger partial charge is 0.306 e. The molecular formula is C57H96N16O15. The zero-order valence-electron chi connectivity index (χ0n) is 51.4. The molecule has 21 N–H and O–H groups in total. The van der Waals surface area contributed by atoms with Gasteiger partial charge in [0.05, 0.1) is 24.7 Å². The Kier molecular flexibility index (Phi) is 33.0. The number of ether oxygens (including phenoxy) is 1. The van der Waals surface area contributed by atoms with E-state index >= 15 is 0 Å². The van der Waals surface area contributed by atoms with Gasteiger partial charge < -0.3 is 101 Å². The van der Waals surface area contributed by atoms with Crippen LogP contribution in [0.2, 0.25) is 0 Å². The molecule has 0 radical (unpaired) electrons. The first-order chi connectivity index (χ1) is 41.8. The van der Waals surface area contributed by atoms with Crippen LogP contribution in [-0.2, 0) is 68.7 Å². The highest BCUT2D eigenvalue weighted by atomic mass is 16.5. The van der Waals surface area contributed by atoms with Crippen molar-refractivity contribution in [1.29, 1.82) is 0 Å². The molecule has 1 aromatic carbocycles. The number of piperazine rings is 1. The fourth-order valence-electron chi connectivity index (χ4n) is 9.77. The molecule has 2 aliphatic heterocycles. The van der Waals surface area contributed by atoms with Gasteiger partial charge in [-0.2, -0.15) is 0 Å².